The monoisotopic (exact) mass is 271 g/mol. The van der Waals surface area contributed by atoms with E-state index in [2.05, 4.69) is 23.5 Å². The third-order valence-corrected chi connectivity index (χ3v) is 3.89. The van der Waals surface area contributed by atoms with Crippen molar-refractivity contribution in [1.29, 1.82) is 0 Å². The van der Waals surface area contributed by atoms with E-state index in [0.717, 1.165) is 18.5 Å². The molecule has 0 spiro atoms. The lowest BCUT2D eigenvalue weighted by atomic mass is 9.95. The van der Waals surface area contributed by atoms with Gasteiger partial charge < -0.3 is 4.90 Å². The van der Waals surface area contributed by atoms with Crippen molar-refractivity contribution in [2.24, 2.45) is 5.10 Å². The Kier molecular flexibility index (Phi) is 3.26. The highest BCUT2D eigenvalue weighted by Crippen LogP contribution is 2.31. The van der Waals surface area contributed by atoms with Gasteiger partial charge in [-0.15, -0.1) is 0 Å². The SMILES string of the molecule is CC1CCc2ccccc2N1C(=O)C1=NNC(=O)CC1. The van der Waals surface area contributed by atoms with Crippen molar-refractivity contribution in [3.8, 4) is 0 Å². The number of nitrogens with zero attached hydrogens (tertiary/aromatic N) is 2. The normalized spacial score (nSPS) is 21.9. The third-order valence-electron chi connectivity index (χ3n) is 3.89. The van der Waals surface area contributed by atoms with Crippen LogP contribution in [0.1, 0.15) is 31.7 Å². The van der Waals surface area contributed by atoms with Crippen LogP contribution in [0.5, 0.6) is 0 Å². The second-order valence-electron chi connectivity index (χ2n) is 5.29. The summed E-state index contributed by atoms with van der Waals surface area (Å²) < 4.78 is 0. The number of aryl methyl sites for hydroxylation is 1. The second-order valence-corrected chi connectivity index (χ2v) is 5.29. The number of rotatable bonds is 1. The lowest BCUT2D eigenvalue weighted by molar-refractivity contribution is -0.121. The van der Waals surface area contributed by atoms with E-state index in [9.17, 15) is 9.59 Å². The molecule has 20 heavy (non-hydrogen) atoms. The van der Waals surface area contributed by atoms with Crippen LogP contribution in [-0.4, -0.2) is 23.6 Å². The first-order chi connectivity index (χ1) is 9.66. The van der Waals surface area contributed by atoms with Crippen molar-refractivity contribution in [3.05, 3.63) is 29.8 Å². The number of hydrogen-bond acceptors (Lipinski definition) is 3. The lowest BCUT2D eigenvalue weighted by Crippen LogP contribution is -2.47. The largest absolute Gasteiger partial charge is 0.304 e. The van der Waals surface area contributed by atoms with E-state index in [-0.39, 0.29) is 17.9 Å². The van der Waals surface area contributed by atoms with Crippen molar-refractivity contribution in [2.75, 3.05) is 4.90 Å². The quantitative estimate of drug-likeness (QED) is 0.843. The van der Waals surface area contributed by atoms with Gasteiger partial charge in [-0.05, 0) is 31.4 Å². The Bertz CT molecular complexity index is 595. The van der Waals surface area contributed by atoms with Gasteiger partial charge in [0.05, 0.1) is 0 Å². The molecule has 0 saturated heterocycles. The van der Waals surface area contributed by atoms with Gasteiger partial charge >= 0.3 is 0 Å². The highest BCUT2D eigenvalue weighted by molar-refractivity contribution is 6.44. The molecular formula is C15H17N3O2. The van der Waals surface area contributed by atoms with Crippen LogP contribution in [0.15, 0.2) is 29.4 Å². The van der Waals surface area contributed by atoms with Crippen LogP contribution in [0.4, 0.5) is 5.69 Å². The van der Waals surface area contributed by atoms with Gasteiger partial charge in [0.15, 0.2) is 0 Å². The highest BCUT2D eigenvalue weighted by Gasteiger charge is 2.31. The molecule has 1 unspecified atom stereocenters. The van der Waals surface area contributed by atoms with Crippen LogP contribution in [-0.2, 0) is 16.0 Å². The number of para-hydroxylation sites is 1. The first-order valence-corrected chi connectivity index (χ1v) is 6.93. The molecule has 2 aliphatic rings. The Labute approximate surface area is 117 Å². The standard InChI is InChI=1S/C15H17N3O2/c1-10-6-7-11-4-2-3-5-13(11)18(10)15(20)12-8-9-14(19)17-16-12/h2-5,10H,6-9H2,1H3,(H,17,19). The predicted molar refractivity (Wildman–Crippen MR) is 76.5 cm³/mol. The summed E-state index contributed by atoms with van der Waals surface area (Å²) in [6, 6.07) is 8.13. The molecule has 0 fully saturated rings. The summed E-state index contributed by atoms with van der Waals surface area (Å²) in [6.45, 7) is 2.05. The van der Waals surface area contributed by atoms with Crippen LogP contribution in [0.2, 0.25) is 0 Å². The minimum atomic E-state index is -0.131. The van der Waals surface area contributed by atoms with E-state index < -0.39 is 0 Å². The van der Waals surface area contributed by atoms with Crippen molar-refractivity contribution in [2.45, 2.75) is 38.6 Å². The molecule has 0 aliphatic carbocycles. The number of nitrogens with one attached hydrogen (secondary N) is 1. The Morgan fingerprint density at radius 3 is 2.85 bits per heavy atom. The number of carbonyl (C=O) groups excluding carboxylic acids is 2. The predicted octanol–water partition coefficient (Wildman–Crippen LogP) is 1.62. The minimum Gasteiger partial charge on any atom is -0.304 e. The summed E-state index contributed by atoms with van der Waals surface area (Å²) in [5, 5.41) is 3.92. The van der Waals surface area contributed by atoms with Gasteiger partial charge in [-0.2, -0.15) is 5.10 Å². The molecule has 3 rings (SSSR count). The number of fused-ring (bicyclic) bond motifs is 1. The fourth-order valence-corrected chi connectivity index (χ4v) is 2.77. The number of hydrogen-bond donors (Lipinski definition) is 1. The molecule has 2 amide bonds. The van der Waals surface area contributed by atoms with E-state index in [1.54, 1.807) is 0 Å². The first-order valence-electron chi connectivity index (χ1n) is 6.93. The van der Waals surface area contributed by atoms with Crippen molar-refractivity contribution < 1.29 is 9.59 Å². The zero-order valence-corrected chi connectivity index (χ0v) is 11.4. The molecule has 1 atom stereocenters. The van der Waals surface area contributed by atoms with E-state index in [4.69, 9.17) is 0 Å². The lowest BCUT2D eigenvalue weighted by Gasteiger charge is -2.35. The topological polar surface area (TPSA) is 61.8 Å². The molecule has 0 radical (unpaired) electrons. The summed E-state index contributed by atoms with van der Waals surface area (Å²) in [5.41, 5.74) is 4.99. The third kappa shape index (κ3) is 2.19. The molecule has 5 heteroatoms. The maximum atomic E-state index is 12.7. The summed E-state index contributed by atoms with van der Waals surface area (Å²) in [4.78, 5) is 25.6. The van der Waals surface area contributed by atoms with Crippen LogP contribution >= 0.6 is 0 Å². The Hall–Kier alpha value is -2.17. The molecule has 0 bridgehead atoms. The Balaban J connectivity index is 1.93. The molecule has 0 saturated carbocycles. The van der Waals surface area contributed by atoms with Gasteiger partial charge in [-0.3, -0.25) is 9.59 Å². The zero-order chi connectivity index (χ0) is 14.1. The van der Waals surface area contributed by atoms with Gasteiger partial charge in [0, 0.05) is 24.6 Å². The van der Waals surface area contributed by atoms with Crippen LogP contribution < -0.4 is 10.3 Å². The maximum Gasteiger partial charge on any atom is 0.274 e. The average molecular weight is 271 g/mol. The number of anilines is 1. The summed E-state index contributed by atoms with van der Waals surface area (Å²) >= 11 is 0. The van der Waals surface area contributed by atoms with Gasteiger partial charge in [0.25, 0.3) is 5.91 Å². The van der Waals surface area contributed by atoms with Gasteiger partial charge in [-0.25, -0.2) is 5.43 Å². The molecule has 2 aliphatic heterocycles. The second kappa shape index (κ2) is 5.07. The van der Waals surface area contributed by atoms with Crippen LogP contribution in [0.3, 0.4) is 0 Å². The molecule has 1 N–H and O–H groups in total. The smallest absolute Gasteiger partial charge is 0.274 e. The fourth-order valence-electron chi connectivity index (χ4n) is 2.77. The molecular weight excluding hydrogens is 254 g/mol. The molecule has 5 nitrogen and oxygen atoms in total. The zero-order valence-electron chi connectivity index (χ0n) is 11.4. The number of carbonyl (C=O) groups is 2. The number of benzene rings is 1. The minimum absolute atomic E-state index is 0.0929. The summed E-state index contributed by atoms with van der Waals surface area (Å²) in [5.74, 6) is -0.224. The molecule has 2 heterocycles. The molecule has 1 aromatic carbocycles. The van der Waals surface area contributed by atoms with E-state index in [0.29, 0.717) is 18.6 Å². The van der Waals surface area contributed by atoms with E-state index in [1.807, 2.05) is 23.1 Å². The Morgan fingerprint density at radius 1 is 1.30 bits per heavy atom. The average Bonchev–Trinajstić information content (AvgIpc) is 2.47. The van der Waals surface area contributed by atoms with Gasteiger partial charge in [0.2, 0.25) is 5.91 Å². The molecule has 104 valence electrons. The van der Waals surface area contributed by atoms with E-state index in [1.165, 1.54) is 5.56 Å². The van der Waals surface area contributed by atoms with Crippen molar-refractivity contribution in [1.82, 2.24) is 5.43 Å². The first kappa shape index (κ1) is 12.8. The van der Waals surface area contributed by atoms with Crippen LogP contribution in [0, 0.1) is 0 Å². The number of hydrazone groups is 1. The van der Waals surface area contributed by atoms with Gasteiger partial charge in [0.1, 0.15) is 5.71 Å². The maximum absolute atomic E-state index is 12.7. The van der Waals surface area contributed by atoms with Crippen molar-refractivity contribution >= 4 is 23.2 Å². The number of amides is 2. The van der Waals surface area contributed by atoms with E-state index >= 15 is 0 Å². The van der Waals surface area contributed by atoms with Crippen molar-refractivity contribution in [3.63, 3.8) is 0 Å². The molecule has 1 aromatic rings. The summed E-state index contributed by atoms with van der Waals surface area (Å²) in [6.07, 6.45) is 2.68. The Morgan fingerprint density at radius 2 is 2.10 bits per heavy atom. The summed E-state index contributed by atoms with van der Waals surface area (Å²) in [7, 11) is 0. The van der Waals surface area contributed by atoms with Gasteiger partial charge in [-0.1, -0.05) is 18.2 Å². The highest BCUT2D eigenvalue weighted by atomic mass is 16.2. The van der Waals surface area contributed by atoms with Crippen LogP contribution in [0.25, 0.3) is 0 Å². The molecule has 0 aromatic heterocycles. The fraction of sp³-hybridized carbons (Fsp3) is 0.400.